The number of aromatic nitrogens is 4. The summed E-state index contributed by atoms with van der Waals surface area (Å²) in [5, 5.41) is 14.6. The number of nitrogens with zero attached hydrogens (tertiary/aromatic N) is 5. The molecule has 2 aromatic heterocycles. The topological polar surface area (TPSA) is 138 Å². The summed E-state index contributed by atoms with van der Waals surface area (Å²) in [7, 11) is 0. The lowest BCUT2D eigenvalue weighted by atomic mass is 9.77. The molecule has 1 saturated heterocycles. The Kier molecular flexibility index (Phi) is 8.72. The number of likely N-dealkylation sites (tertiary alicyclic amines) is 1. The summed E-state index contributed by atoms with van der Waals surface area (Å²) >= 11 is 0. The molecule has 48 heavy (non-hydrogen) atoms. The number of nitrogens with one attached hydrogen (secondary N) is 3. The van der Waals surface area contributed by atoms with Crippen LogP contribution in [0.5, 0.6) is 0 Å². The molecule has 2 aliphatic heterocycles. The number of imidazole rings is 1. The van der Waals surface area contributed by atoms with Gasteiger partial charge in [-0.25, -0.2) is 9.78 Å². The normalized spacial score (nSPS) is 18.6. The third kappa shape index (κ3) is 6.07. The summed E-state index contributed by atoms with van der Waals surface area (Å²) in [6.45, 7) is 9.01. The Balaban J connectivity index is 1.02. The van der Waals surface area contributed by atoms with Gasteiger partial charge in [-0.3, -0.25) is 25.5 Å². The zero-order chi connectivity index (χ0) is 33.4. The van der Waals surface area contributed by atoms with E-state index < -0.39 is 11.5 Å². The van der Waals surface area contributed by atoms with E-state index in [1.807, 2.05) is 45.0 Å². The summed E-state index contributed by atoms with van der Waals surface area (Å²) in [6.07, 6.45) is 6.23. The number of fused-ring (bicyclic) bond motifs is 3. The Morgan fingerprint density at radius 1 is 0.938 bits per heavy atom. The minimum absolute atomic E-state index is 0.0178. The zero-order valence-electron chi connectivity index (χ0n) is 28.1. The van der Waals surface area contributed by atoms with E-state index in [1.54, 1.807) is 0 Å². The molecule has 0 radical (unpaired) electrons. The van der Waals surface area contributed by atoms with Gasteiger partial charge in [-0.2, -0.15) is 0 Å². The number of ether oxygens (including phenoxy) is 1. The molecule has 1 saturated carbocycles. The first-order chi connectivity index (χ1) is 23.2. The first-order valence-electron chi connectivity index (χ1n) is 17.2. The van der Waals surface area contributed by atoms with Gasteiger partial charge in [-0.15, -0.1) is 0 Å². The summed E-state index contributed by atoms with van der Waals surface area (Å²) in [6, 6.07) is 14.2. The molecule has 4 aromatic rings. The van der Waals surface area contributed by atoms with Crippen LogP contribution in [-0.4, -0.2) is 61.9 Å². The second kappa shape index (κ2) is 13.1. The van der Waals surface area contributed by atoms with Crippen molar-refractivity contribution in [3.8, 4) is 0 Å². The molecule has 11 nitrogen and oxygen atoms in total. The number of carbonyl (C=O) groups excluding carboxylic acids is 2. The van der Waals surface area contributed by atoms with E-state index in [-0.39, 0.29) is 18.5 Å². The Hall–Kier alpha value is -4.64. The van der Waals surface area contributed by atoms with Gasteiger partial charge in [0, 0.05) is 31.7 Å². The lowest BCUT2D eigenvalue weighted by molar-refractivity contribution is -0.136. The number of hydrogen-bond acceptors (Lipinski definition) is 8. The highest BCUT2D eigenvalue weighted by molar-refractivity contribution is 6.04. The van der Waals surface area contributed by atoms with Gasteiger partial charge in [0.25, 0.3) is 0 Å². The van der Waals surface area contributed by atoms with Gasteiger partial charge in [0.15, 0.2) is 0 Å². The minimum atomic E-state index is -0.712. The second-order valence-corrected chi connectivity index (χ2v) is 13.5. The van der Waals surface area contributed by atoms with Crippen molar-refractivity contribution >= 4 is 28.9 Å². The van der Waals surface area contributed by atoms with Crippen molar-refractivity contribution in [3.05, 3.63) is 87.8 Å². The monoisotopic (exact) mass is 648 g/mol. The highest BCUT2D eigenvalue weighted by Crippen LogP contribution is 2.44. The molecular formula is C37H44N8O3. The molecule has 2 fully saturated rings. The van der Waals surface area contributed by atoms with E-state index in [1.165, 1.54) is 0 Å². The number of rotatable bonds is 7. The standard InChI is InChI=1S/C37H44N8O3/c1-23-24(2)41-31(25(3)40-23)22-48-36(47)43-33(38)27-10-8-26(9-11-27)20-30-34-42-29-21-28(12-13-32(29)45(34)19-16-39-30)37(14-4-5-15-37)35(46)44-17-6-7-18-44/h8-13,21,30,39H,4-7,14-20,22H2,1-3H3,(H2,38,43,47). The molecule has 2 amide bonds. The van der Waals surface area contributed by atoms with Gasteiger partial charge in [0.05, 0.1) is 45.3 Å². The molecule has 7 rings (SSSR count). The maximum Gasteiger partial charge on any atom is 0.413 e. The maximum atomic E-state index is 13.8. The van der Waals surface area contributed by atoms with Crippen molar-refractivity contribution < 1.29 is 14.3 Å². The molecule has 2 aromatic carbocycles. The predicted octanol–water partition coefficient (Wildman–Crippen LogP) is 5.32. The second-order valence-electron chi connectivity index (χ2n) is 13.5. The quantitative estimate of drug-likeness (QED) is 0.182. The van der Waals surface area contributed by atoms with Crippen LogP contribution < -0.4 is 10.6 Å². The summed E-state index contributed by atoms with van der Waals surface area (Å²) in [5.74, 6) is 1.28. The lowest BCUT2D eigenvalue weighted by Gasteiger charge is -2.33. The fourth-order valence-electron chi connectivity index (χ4n) is 7.67. The third-order valence-corrected chi connectivity index (χ3v) is 10.5. The lowest BCUT2D eigenvalue weighted by Crippen LogP contribution is -2.44. The van der Waals surface area contributed by atoms with E-state index in [0.717, 1.165) is 110 Å². The molecular weight excluding hydrogens is 604 g/mol. The van der Waals surface area contributed by atoms with E-state index >= 15 is 0 Å². The summed E-state index contributed by atoms with van der Waals surface area (Å²) in [5.41, 5.74) is 7.39. The summed E-state index contributed by atoms with van der Waals surface area (Å²) in [4.78, 5) is 42.4. The van der Waals surface area contributed by atoms with Crippen LogP contribution in [0.2, 0.25) is 0 Å². The first kappa shape index (κ1) is 31.9. The molecule has 0 bridgehead atoms. The molecule has 11 heteroatoms. The van der Waals surface area contributed by atoms with Crippen LogP contribution in [0.3, 0.4) is 0 Å². The average Bonchev–Trinajstić information content (AvgIpc) is 3.87. The van der Waals surface area contributed by atoms with E-state index in [2.05, 4.69) is 48.3 Å². The van der Waals surface area contributed by atoms with Crippen molar-refractivity contribution in [3.63, 3.8) is 0 Å². The van der Waals surface area contributed by atoms with Gasteiger partial charge in [0.1, 0.15) is 18.3 Å². The van der Waals surface area contributed by atoms with Gasteiger partial charge in [-0.1, -0.05) is 43.2 Å². The van der Waals surface area contributed by atoms with E-state index in [9.17, 15) is 9.59 Å². The number of carbonyl (C=O) groups is 2. The molecule has 3 aliphatic rings. The summed E-state index contributed by atoms with van der Waals surface area (Å²) < 4.78 is 7.64. The van der Waals surface area contributed by atoms with Crippen LogP contribution in [0.25, 0.3) is 11.0 Å². The van der Waals surface area contributed by atoms with Crippen LogP contribution in [0.4, 0.5) is 4.79 Å². The van der Waals surface area contributed by atoms with Crippen molar-refractivity contribution in [2.75, 3.05) is 19.6 Å². The van der Waals surface area contributed by atoms with Crippen LogP contribution in [-0.2, 0) is 34.5 Å². The molecule has 250 valence electrons. The number of hydrogen-bond donors (Lipinski definition) is 3. The Labute approximate surface area is 281 Å². The number of aryl methyl sites for hydroxylation is 3. The smallest absolute Gasteiger partial charge is 0.413 e. The Bertz CT molecular complexity index is 1870. The van der Waals surface area contributed by atoms with Crippen molar-refractivity contribution in [1.29, 1.82) is 5.41 Å². The molecule has 0 spiro atoms. The Morgan fingerprint density at radius 2 is 1.67 bits per heavy atom. The Morgan fingerprint density at radius 3 is 2.42 bits per heavy atom. The zero-order valence-corrected chi connectivity index (χ0v) is 28.1. The predicted molar refractivity (Wildman–Crippen MR) is 183 cm³/mol. The molecule has 1 aliphatic carbocycles. The number of amidine groups is 1. The number of benzene rings is 2. The van der Waals surface area contributed by atoms with E-state index in [0.29, 0.717) is 22.9 Å². The van der Waals surface area contributed by atoms with Crippen LogP contribution in [0, 0.1) is 26.2 Å². The average molecular weight is 649 g/mol. The van der Waals surface area contributed by atoms with Crippen molar-refractivity contribution in [2.45, 2.75) is 90.3 Å². The van der Waals surface area contributed by atoms with Crippen LogP contribution >= 0.6 is 0 Å². The van der Waals surface area contributed by atoms with Gasteiger partial charge >= 0.3 is 6.09 Å². The fourth-order valence-corrected chi connectivity index (χ4v) is 7.67. The van der Waals surface area contributed by atoms with Gasteiger partial charge in [0.2, 0.25) is 5.91 Å². The molecule has 1 unspecified atom stereocenters. The SMILES string of the molecule is Cc1nc(C)c(COC(=O)NC(=N)c2ccc(CC3NCCn4c3nc3cc(C5(C(=O)N6CCCC6)CCCC5)ccc34)cc2)nc1C. The van der Waals surface area contributed by atoms with E-state index in [4.69, 9.17) is 15.1 Å². The fraction of sp³-hybridized carbons (Fsp3) is 0.459. The van der Waals surface area contributed by atoms with Crippen LogP contribution in [0.1, 0.15) is 89.9 Å². The number of amides is 2. The highest BCUT2D eigenvalue weighted by Gasteiger charge is 2.45. The third-order valence-electron chi connectivity index (χ3n) is 10.5. The first-order valence-corrected chi connectivity index (χ1v) is 17.2. The van der Waals surface area contributed by atoms with Gasteiger partial charge < -0.3 is 19.5 Å². The molecule has 3 N–H and O–H groups in total. The number of alkyl carbamates (subject to hydrolysis) is 1. The van der Waals surface area contributed by atoms with Gasteiger partial charge in [-0.05, 0) is 76.1 Å². The molecule has 1 atom stereocenters. The van der Waals surface area contributed by atoms with Crippen molar-refractivity contribution in [1.82, 2.24) is 35.1 Å². The largest absolute Gasteiger partial charge is 0.443 e. The molecule has 4 heterocycles. The minimum Gasteiger partial charge on any atom is -0.443 e. The van der Waals surface area contributed by atoms with Crippen molar-refractivity contribution in [2.24, 2.45) is 0 Å². The maximum absolute atomic E-state index is 13.8. The highest BCUT2D eigenvalue weighted by atomic mass is 16.5. The van der Waals surface area contributed by atoms with Crippen LogP contribution in [0.15, 0.2) is 42.5 Å².